The molecule has 2 aromatic rings. The van der Waals surface area contributed by atoms with Crippen LogP contribution in [0.1, 0.15) is 28.4 Å². The van der Waals surface area contributed by atoms with Gasteiger partial charge in [-0.2, -0.15) is 0 Å². The van der Waals surface area contributed by atoms with Gasteiger partial charge in [0.2, 0.25) is 0 Å². The first-order valence-corrected chi connectivity index (χ1v) is 8.50. The minimum atomic E-state index is -0.671. The molecular weight excluding hydrogens is 330 g/mol. The highest BCUT2D eigenvalue weighted by atomic mass is 16.5. The Labute approximate surface area is 152 Å². The van der Waals surface area contributed by atoms with Crippen molar-refractivity contribution < 1.29 is 19.1 Å². The molecular formula is C21H21NO4. The summed E-state index contributed by atoms with van der Waals surface area (Å²) in [5.41, 5.74) is 1.30. The fourth-order valence-electron chi connectivity index (χ4n) is 2.92. The molecule has 3 rings (SSSR count). The highest BCUT2D eigenvalue weighted by Crippen LogP contribution is 2.20. The van der Waals surface area contributed by atoms with Gasteiger partial charge < -0.3 is 14.8 Å². The van der Waals surface area contributed by atoms with Crippen LogP contribution in [0.3, 0.4) is 0 Å². The summed E-state index contributed by atoms with van der Waals surface area (Å²) < 4.78 is 10.8. The molecule has 0 saturated carbocycles. The van der Waals surface area contributed by atoms with Gasteiger partial charge in [-0.3, -0.25) is 4.79 Å². The lowest BCUT2D eigenvalue weighted by Crippen LogP contribution is -2.37. The number of esters is 1. The first kappa shape index (κ1) is 17.9. The number of benzene rings is 2. The van der Waals surface area contributed by atoms with Crippen molar-refractivity contribution in [3.63, 3.8) is 0 Å². The van der Waals surface area contributed by atoms with Crippen LogP contribution in [0.5, 0.6) is 0 Å². The van der Waals surface area contributed by atoms with Gasteiger partial charge in [-0.15, -0.1) is 0 Å². The fourth-order valence-corrected chi connectivity index (χ4v) is 2.92. The van der Waals surface area contributed by atoms with Crippen LogP contribution in [0.2, 0.25) is 0 Å². The average Bonchev–Trinajstić information content (AvgIpc) is 3.10. The van der Waals surface area contributed by atoms with Crippen LogP contribution >= 0.6 is 0 Å². The van der Waals surface area contributed by atoms with Crippen LogP contribution in [-0.2, 0) is 14.3 Å². The molecule has 1 aliphatic rings. The molecule has 0 aliphatic heterocycles. The molecule has 1 N–H and O–H groups in total. The Morgan fingerprint density at radius 2 is 1.65 bits per heavy atom. The van der Waals surface area contributed by atoms with Gasteiger partial charge in [-0.05, 0) is 23.8 Å². The van der Waals surface area contributed by atoms with E-state index in [-0.39, 0.29) is 24.0 Å². The Balaban J connectivity index is 1.53. The van der Waals surface area contributed by atoms with Crippen molar-refractivity contribution in [3.05, 3.63) is 83.9 Å². The predicted molar refractivity (Wildman–Crippen MR) is 97.5 cm³/mol. The van der Waals surface area contributed by atoms with Gasteiger partial charge in [0.15, 0.2) is 6.10 Å². The first-order valence-electron chi connectivity index (χ1n) is 8.50. The molecule has 3 atom stereocenters. The molecule has 5 nitrogen and oxygen atoms in total. The second-order valence-corrected chi connectivity index (χ2v) is 6.07. The van der Waals surface area contributed by atoms with Crippen LogP contribution in [0, 0.1) is 0 Å². The number of carbonyl (C=O) groups excluding carboxylic acids is 2. The zero-order valence-corrected chi connectivity index (χ0v) is 14.5. The quantitative estimate of drug-likeness (QED) is 0.642. The Hall–Kier alpha value is -2.92. The van der Waals surface area contributed by atoms with Gasteiger partial charge >= 0.3 is 5.97 Å². The molecule has 0 spiro atoms. The van der Waals surface area contributed by atoms with Gasteiger partial charge in [-0.1, -0.05) is 54.6 Å². The molecule has 2 aromatic carbocycles. The van der Waals surface area contributed by atoms with Crippen LogP contribution in [0.15, 0.2) is 72.8 Å². The van der Waals surface area contributed by atoms with E-state index in [4.69, 9.17) is 9.47 Å². The van der Waals surface area contributed by atoms with E-state index < -0.39 is 6.10 Å². The third-order valence-electron chi connectivity index (χ3n) is 4.22. The molecule has 1 amide bonds. The molecule has 134 valence electrons. The third kappa shape index (κ3) is 4.37. The highest BCUT2D eigenvalue weighted by Gasteiger charge is 2.27. The number of carbonyl (C=O) groups is 2. The van der Waals surface area contributed by atoms with Crippen molar-refractivity contribution in [3.8, 4) is 0 Å². The van der Waals surface area contributed by atoms with E-state index in [1.54, 1.807) is 30.3 Å². The van der Waals surface area contributed by atoms with Crippen molar-refractivity contribution in [2.45, 2.75) is 24.7 Å². The molecule has 0 bridgehead atoms. The Bertz CT molecular complexity index is 773. The van der Waals surface area contributed by atoms with E-state index in [9.17, 15) is 9.59 Å². The highest BCUT2D eigenvalue weighted by molar-refractivity contribution is 5.89. The Morgan fingerprint density at radius 3 is 2.31 bits per heavy atom. The largest absolute Gasteiger partial charge is 0.454 e. The summed E-state index contributed by atoms with van der Waals surface area (Å²) in [5, 5.41) is 2.93. The summed E-state index contributed by atoms with van der Waals surface area (Å²) in [7, 11) is 1.51. The van der Waals surface area contributed by atoms with Gasteiger partial charge in [0.25, 0.3) is 5.91 Å². The SMILES string of the molecule is CO[C@H](C(=O)N[C@H]1C=C[C@@H](OC(=O)c2ccccc2)C1)c1ccccc1. The Morgan fingerprint density at radius 1 is 1.00 bits per heavy atom. The van der Waals surface area contributed by atoms with Gasteiger partial charge in [0.05, 0.1) is 11.6 Å². The zero-order chi connectivity index (χ0) is 18.4. The van der Waals surface area contributed by atoms with E-state index in [1.165, 1.54) is 7.11 Å². The molecule has 5 heteroatoms. The smallest absolute Gasteiger partial charge is 0.338 e. The van der Waals surface area contributed by atoms with Crippen molar-refractivity contribution in [1.82, 2.24) is 5.32 Å². The first-order chi connectivity index (χ1) is 12.7. The lowest BCUT2D eigenvalue weighted by atomic mass is 10.1. The van der Waals surface area contributed by atoms with Crippen LogP contribution in [-0.4, -0.2) is 31.1 Å². The number of ether oxygens (including phenoxy) is 2. The molecule has 0 heterocycles. The van der Waals surface area contributed by atoms with Crippen molar-refractivity contribution >= 4 is 11.9 Å². The van der Waals surface area contributed by atoms with Crippen molar-refractivity contribution in [1.29, 1.82) is 0 Å². The summed E-state index contributed by atoms with van der Waals surface area (Å²) in [6.45, 7) is 0. The Kier molecular flexibility index (Phi) is 5.81. The number of rotatable bonds is 6. The summed E-state index contributed by atoms with van der Waals surface area (Å²) in [6.07, 6.45) is 3.13. The van der Waals surface area contributed by atoms with Crippen LogP contribution in [0.4, 0.5) is 0 Å². The van der Waals surface area contributed by atoms with Crippen molar-refractivity contribution in [2.75, 3.05) is 7.11 Å². The molecule has 0 unspecified atom stereocenters. The normalized spacial score (nSPS) is 19.7. The summed E-state index contributed by atoms with van der Waals surface area (Å²) in [5.74, 6) is -0.588. The van der Waals surface area contributed by atoms with E-state index in [2.05, 4.69) is 5.32 Å². The third-order valence-corrected chi connectivity index (χ3v) is 4.22. The standard InChI is InChI=1S/C21H21NO4/c1-25-19(15-8-4-2-5-9-15)20(23)22-17-12-13-18(14-17)26-21(24)16-10-6-3-7-11-16/h2-13,17-19H,14H2,1H3,(H,22,23)/t17-,18+,19-/m0/s1. The molecule has 0 radical (unpaired) electrons. The molecule has 26 heavy (non-hydrogen) atoms. The number of nitrogens with one attached hydrogen (secondary N) is 1. The summed E-state index contributed by atoms with van der Waals surface area (Å²) in [4.78, 5) is 24.6. The average molecular weight is 351 g/mol. The maximum atomic E-state index is 12.5. The molecule has 1 aliphatic carbocycles. The molecule has 0 fully saturated rings. The minimum Gasteiger partial charge on any atom is -0.454 e. The second-order valence-electron chi connectivity index (χ2n) is 6.07. The maximum absolute atomic E-state index is 12.5. The second kappa shape index (κ2) is 8.45. The molecule has 0 saturated heterocycles. The summed E-state index contributed by atoms with van der Waals surface area (Å²) in [6, 6.07) is 18.0. The predicted octanol–water partition coefficient (Wildman–Crippen LogP) is 3.04. The van der Waals surface area contributed by atoms with Crippen molar-refractivity contribution in [2.24, 2.45) is 0 Å². The van der Waals surface area contributed by atoms with Crippen LogP contribution in [0.25, 0.3) is 0 Å². The minimum absolute atomic E-state index is 0.197. The van der Waals surface area contributed by atoms with E-state index in [0.29, 0.717) is 12.0 Å². The number of hydrogen-bond donors (Lipinski definition) is 1. The number of methoxy groups -OCH3 is 1. The maximum Gasteiger partial charge on any atom is 0.338 e. The monoisotopic (exact) mass is 351 g/mol. The van der Waals surface area contributed by atoms with Gasteiger partial charge in [-0.25, -0.2) is 4.79 Å². The lowest BCUT2D eigenvalue weighted by Gasteiger charge is -2.19. The fraction of sp³-hybridized carbons (Fsp3) is 0.238. The molecule has 0 aromatic heterocycles. The van der Waals surface area contributed by atoms with Crippen LogP contribution < -0.4 is 5.32 Å². The van der Waals surface area contributed by atoms with Gasteiger partial charge in [0.1, 0.15) is 6.10 Å². The van der Waals surface area contributed by atoms with E-state index in [1.807, 2.05) is 42.5 Å². The topological polar surface area (TPSA) is 64.6 Å². The van der Waals surface area contributed by atoms with Gasteiger partial charge in [0, 0.05) is 13.5 Å². The van der Waals surface area contributed by atoms with E-state index in [0.717, 1.165) is 5.56 Å². The lowest BCUT2D eigenvalue weighted by molar-refractivity contribution is -0.131. The number of amides is 1. The van der Waals surface area contributed by atoms with E-state index >= 15 is 0 Å². The zero-order valence-electron chi connectivity index (χ0n) is 14.5. The summed E-state index contributed by atoms with van der Waals surface area (Å²) >= 11 is 0. The number of hydrogen-bond acceptors (Lipinski definition) is 4.